The molecule has 2 aromatic rings. The number of β-amino-alcohol motifs (C(OH)–C–C–N with tert-alkyl or cyclic N) is 1. The number of carbonyl (C=O) groups excluding carboxylic acids is 1. The molecule has 1 fully saturated rings. The summed E-state index contributed by atoms with van der Waals surface area (Å²) in [6.07, 6.45) is 1.17. The molecule has 1 saturated heterocycles. The largest absolute Gasteiger partial charge is 0.491 e. The Morgan fingerprint density at radius 2 is 1.75 bits per heavy atom. The van der Waals surface area contributed by atoms with Gasteiger partial charge in [0.2, 0.25) is 0 Å². The number of carbonyl (C=O) groups is 1. The van der Waals surface area contributed by atoms with Gasteiger partial charge in [-0.05, 0) is 42.7 Å². The van der Waals surface area contributed by atoms with E-state index in [9.17, 15) is 15.0 Å². The molecule has 0 aromatic heterocycles. The lowest BCUT2D eigenvalue weighted by atomic mass is 9.84. The molecule has 0 radical (unpaired) electrons. The molecule has 150 valence electrons. The number of aliphatic hydroxyl groups excluding tert-OH is 1. The predicted octanol–water partition coefficient (Wildman–Crippen LogP) is 3.00. The molecule has 1 unspecified atom stereocenters. The summed E-state index contributed by atoms with van der Waals surface area (Å²) >= 11 is 0. The van der Waals surface area contributed by atoms with E-state index < -0.39 is 11.7 Å². The van der Waals surface area contributed by atoms with E-state index in [0.717, 1.165) is 18.7 Å². The number of aliphatic hydroxyl groups is 2. The SMILES string of the molecule is CCC(=O)c1ccc(OCC(O)CN2CCC(O)(c3ccccc3)CC2)cc1. The van der Waals surface area contributed by atoms with Gasteiger partial charge in [-0.3, -0.25) is 4.79 Å². The standard InChI is InChI=1S/C23H29NO4/c1-2-22(26)18-8-10-21(11-9-18)28-17-20(25)16-24-14-12-23(27,13-15-24)19-6-4-3-5-7-19/h3-11,20,25,27H,2,12-17H2,1H3. The van der Waals surface area contributed by atoms with Crippen LogP contribution in [0.15, 0.2) is 54.6 Å². The number of rotatable bonds is 8. The van der Waals surface area contributed by atoms with Crippen LogP contribution in [0.4, 0.5) is 0 Å². The van der Waals surface area contributed by atoms with Crippen molar-refractivity contribution in [1.82, 2.24) is 4.90 Å². The van der Waals surface area contributed by atoms with Crippen LogP contribution in [0.1, 0.15) is 42.1 Å². The average Bonchev–Trinajstić information content (AvgIpc) is 2.74. The minimum absolute atomic E-state index is 0.104. The Balaban J connectivity index is 1.43. The fraction of sp³-hybridized carbons (Fsp3) is 0.435. The second kappa shape index (κ2) is 9.32. The van der Waals surface area contributed by atoms with Gasteiger partial charge in [-0.15, -0.1) is 0 Å². The van der Waals surface area contributed by atoms with Gasteiger partial charge < -0.3 is 19.8 Å². The van der Waals surface area contributed by atoms with E-state index >= 15 is 0 Å². The maximum atomic E-state index is 11.6. The van der Waals surface area contributed by atoms with Crippen molar-refractivity contribution < 1.29 is 19.7 Å². The molecular weight excluding hydrogens is 354 g/mol. The second-order valence-corrected chi connectivity index (χ2v) is 7.46. The number of Topliss-reactive ketones (excluding diaryl/α,β-unsaturated/α-hetero) is 1. The second-order valence-electron chi connectivity index (χ2n) is 7.46. The molecule has 3 rings (SSSR count). The number of likely N-dealkylation sites (tertiary alicyclic amines) is 1. The summed E-state index contributed by atoms with van der Waals surface area (Å²) in [4.78, 5) is 13.8. The van der Waals surface area contributed by atoms with Crippen LogP contribution in [-0.4, -0.2) is 53.2 Å². The fourth-order valence-electron chi connectivity index (χ4n) is 3.63. The molecule has 5 heteroatoms. The van der Waals surface area contributed by atoms with Gasteiger partial charge in [0.15, 0.2) is 5.78 Å². The summed E-state index contributed by atoms with van der Waals surface area (Å²) < 4.78 is 5.65. The first-order chi connectivity index (χ1) is 13.5. The Hall–Kier alpha value is -2.21. The van der Waals surface area contributed by atoms with Gasteiger partial charge in [0.25, 0.3) is 0 Å². The topological polar surface area (TPSA) is 70.0 Å². The number of hydrogen-bond acceptors (Lipinski definition) is 5. The first-order valence-corrected chi connectivity index (χ1v) is 9.94. The van der Waals surface area contributed by atoms with Crippen LogP contribution in [0, 0.1) is 0 Å². The zero-order valence-corrected chi connectivity index (χ0v) is 16.4. The van der Waals surface area contributed by atoms with Crippen molar-refractivity contribution in [3.05, 3.63) is 65.7 Å². The van der Waals surface area contributed by atoms with Gasteiger partial charge in [0.1, 0.15) is 18.5 Å². The van der Waals surface area contributed by atoms with E-state index in [4.69, 9.17) is 4.74 Å². The monoisotopic (exact) mass is 383 g/mol. The molecule has 1 heterocycles. The van der Waals surface area contributed by atoms with E-state index in [-0.39, 0.29) is 12.4 Å². The van der Waals surface area contributed by atoms with E-state index in [0.29, 0.717) is 37.1 Å². The van der Waals surface area contributed by atoms with Gasteiger partial charge >= 0.3 is 0 Å². The first-order valence-electron chi connectivity index (χ1n) is 9.94. The summed E-state index contributed by atoms with van der Waals surface area (Å²) in [6.45, 7) is 4.01. The minimum Gasteiger partial charge on any atom is -0.491 e. The van der Waals surface area contributed by atoms with Crippen molar-refractivity contribution in [1.29, 1.82) is 0 Å². The van der Waals surface area contributed by atoms with Crippen molar-refractivity contribution in [3.8, 4) is 5.75 Å². The molecular formula is C23H29NO4. The van der Waals surface area contributed by atoms with Gasteiger partial charge in [0.05, 0.1) is 5.60 Å². The summed E-state index contributed by atoms with van der Waals surface area (Å²) in [6, 6.07) is 16.8. The molecule has 0 saturated carbocycles. The van der Waals surface area contributed by atoms with Crippen LogP contribution >= 0.6 is 0 Å². The zero-order chi connectivity index (χ0) is 20.0. The smallest absolute Gasteiger partial charge is 0.162 e. The number of nitrogens with zero attached hydrogens (tertiary/aromatic N) is 1. The predicted molar refractivity (Wildman–Crippen MR) is 109 cm³/mol. The van der Waals surface area contributed by atoms with Crippen LogP contribution in [-0.2, 0) is 5.60 Å². The third-order valence-electron chi connectivity index (χ3n) is 5.40. The van der Waals surface area contributed by atoms with Crippen LogP contribution in [0.3, 0.4) is 0 Å². The van der Waals surface area contributed by atoms with Gasteiger partial charge in [0, 0.05) is 31.6 Å². The highest BCUT2D eigenvalue weighted by atomic mass is 16.5. The number of piperidine rings is 1. The van der Waals surface area contributed by atoms with E-state index in [1.165, 1.54) is 0 Å². The van der Waals surface area contributed by atoms with Crippen LogP contribution in [0.2, 0.25) is 0 Å². The number of ketones is 1. The summed E-state index contributed by atoms with van der Waals surface area (Å²) in [5.41, 5.74) is 0.856. The normalized spacial score (nSPS) is 17.8. The Labute approximate surface area is 166 Å². The van der Waals surface area contributed by atoms with Crippen molar-refractivity contribution in [3.63, 3.8) is 0 Å². The lowest BCUT2D eigenvalue weighted by Crippen LogP contribution is -2.46. The molecule has 2 aromatic carbocycles. The minimum atomic E-state index is -0.781. The van der Waals surface area contributed by atoms with Crippen LogP contribution in [0.5, 0.6) is 5.75 Å². The highest BCUT2D eigenvalue weighted by molar-refractivity contribution is 5.95. The zero-order valence-electron chi connectivity index (χ0n) is 16.4. The van der Waals surface area contributed by atoms with Gasteiger partial charge in [-0.1, -0.05) is 37.3 Å². The molecule has 0 spiro atoms. The summed E-state index contributed by atoms with van der Waals surface area (Å²) in [5.74, 6) is 0.746. The lowest BCUT2D eigenvalue weighted by Gasteiger charge is -2.39. The molecule has 28 heavy (non-hydrogen) atoms. The van der Waals surface area contributed by atoms with Crippen molar-refractivity contribution in [2.24, 2.45) is 0 Å². The summed E-state index contributed by atoms with van der Waals surface area (Å²) in [5, 5.41) is 21.2. The van der Waals surface area contributed by atoms with Crippen molar-refractivity contribution in [2.75, 3.05) is 26.2 Å². The fourth-order valence-corrected chi connectivity index (χ4v) is 3.63. The molecule has 0 aliphatic carbocycles. The molecule has 0 amide bonds. The number of benzene rings is 2. The molecule has 2 N–H and O–H groups in total. The maximum Gasteiger partial charge on any atom is 0.162 e. The van der Waals surface area contributed by atoms with Crippen LogP contribution < -0.4 is 4.74 Å². The third kappa shape index (κ3) is 5.19. The quantitative estimate of drug-likeness (QED) is 0.686. The maximum absolute atomic E-state index is 11.6. The summed E-state index contributed by atoms with van der Waals surface area (Å²) in [7, 11) is 0. The number of ether oxygens (including phenoxy) is 1. The van der Waals surface area contributed by atoms with Crippen LogP contribution in [0.25, 0.3) is 0 Å². The molecule has 1 aliphatic heterocycles. The molecule has 5 nitrogen and oxygen atoms in total. The third-order valence-corrected chi connectivity index (χ3v) is 5.40. The van der Waals surface area contributed by atoms with Gasteiger partial charge in [-0.2, -0.15) is 0 Å². The molecule has 1 aliphatic rings. The van der Waals surface area contributed by atoms with Gasteiger partial charge in [-0.25, -0.2) is 0 Å². The average molecular weight is 383 g/mol. The molecule has 1 atom stereocenters. The van der Waals surface area contributed by atoms with Crippen molar-refractivity contribution >= 4 is 5.78 Å². The van der Waals surface area contributed by atoms with Crippen molar-refractivity contribution in [2.45, 2.75) is 37.9 Å². The van der Waals surface area contributed by atoms with E-state index in [1.807, 2.05) is 37.3 Å². The number of hydrogen-bond donors (Lipinski definition) is 2. The Morgan fingerprint density at radius 3 is 2.36 bits per heavy atom. The lowest BCUT2D eigenvalue weighted by molar-refractivity contribution is -0.0372. The molecule has 0 bridgehead atoms. The van der Waals surface area contributed by atoms with E-state index in [1.54, 1.807) is 24.3 Å². The Kier molecular flexibility index (Phi) is 6.83. The Bertz CT molecular complexity index is 752. The highest BCUT2D eigenvalue weighted by Gasteiger charge is 2.34. The Morgan fingerprint density at radius 1 is 1.11 bits per heavy atom. The first kappa shape index (κ1) is 20.5. The highest BCUT2D eigenvalue weighted by Crippen LogP contribution is 2.32. The van der Waals surface area contributed by atoms with E-state index in [2.05, 4.69) is 4.90 Å².